The zero-order valence-electron chi connectivity index (χ0n) is 17.0. The zero-order valence-corrected chi connectivity index (χ0v) is 17.0. The highest BCUT2D eigenvalue weighted by Gasteiger charge is 2.51. The monoisotopic (exact) mass is 407 g/mol. The molecule has 6 heteroatoms. The quantitative estimate of drug-likeness (QED) is 0.557. The van der Waals surface area contributed by atoms with Crippen LogP contribution in [0.2, 0.25) is 0 Å². The molecule has 3 aromatic carbocycles. The van der Waals surface area contributed by atoms with Gasteiger partial charge < -0.3 is 14.2 Å². The lowest BCUT2D eigenvalue weighted by Crippen LogP contribution is -2.61. The molecule has 0 aliphatic carbocycles. The van der Waals surface area contributed by atoms with E-state index in [0.29, 0.717) is 22.9 Å². The van der Waals surface area contributed by atoms with Gasteiger partial charge in [0.25, 0.3) is 5.91 Å². The summed E-state index contributed by atoms with van der Waals surface area (Å²) < 4.78 is 30.3. The second kappa shape index (κ2) is 8.06. The van der Waals surface area contributed by atoms with Gasteiger partial charge in [-0.25, -0.2) is 4.39 Å². The average Bonchev–Trinajstić information content (AvgIpc) is 2.77. The molecule has 2 atom stereocenters. The second-order valence-corrected chi connectivity index (χ2v) is 7.05. The highest BCUT2D eigenvalue weighted by Crippen LogP contribution is 2.43. The van der Waals surface area contributed by atoms with Gasteiger partial charge in [0.2, 0.25) is 6.10 Å². The van der Waals surface area contributed by atoms with Crippen LogP contribution in [0.15, 0.2) is 66.7 Å². The number of carbonyl (C=O) groups is 1. The van der Waals surface area contributed by atoms with E-state index in [2.05, 4.69) is 0 Å². The summed E-state index contributed by atoms with van der Waals surface area (Å²) in [7, 11) is 3.13. The van der Waals surface area contributed by atoms with E-state index in [1.807, 2.05) is 43.3 Å². The van der Waals surface area contributed by atoms with Crippen molar-refractivity contribution < 1.29 is 23.4 Å². The molecule has 0 N–H and O–H groups in total. The van der Waals surface area contributed by atoms with E-state index in [1.165, 1.54) is 12.1 Å². The van der Waals surface area contributed by atoms with Crippen LogP contribution in [-0.4, -0.2) is 26.2 Å². The highest BCUT2D eigenvalue weighted by molar-refractivity contribution is 6.05. The third-order valence-electron chi connectivity index (χ3n) is 5.25. The molecular formula is C24H22FNO4. The molecule has 0 spiro atoms. The van der Waals surface area contributed by atoms with Gasteiger partial charge >= 0.3 is 0 Å². The summed E-state index contributed by atoms with van der Waals surface area (Å²) in [6.45, 7) is 1.93. The fraction of sp³-hybridized carbons (Fsp3) is 0.208. The molecule has 1 fully saturated rings. The third kappa shape index (κ3) is 3.45. The summed E-state index contributed by atoms with van der Waals surface area (Å²) in [5.41, 5.74) is 2.37. The van der Waals surface area contributed by atoms with Gasteiger partial charge in [-0.3, -0.25) is 9.69 Å². The number of nitrogens with zero attached hydrogens (tertiary/aromatic N) is 1. The number of carbonyl (C=O) groups excluding carboxylic acids is 1. The van der Waals surface area contributed by atoms with Crippen LogP contribution in [0.3, 0.4) is 0 Å². The van der Waals surface area contributed by atoms with Crippen LogP contribution in [0.4, 0.5) is 10.1 Å². The maximum absolute atomic E-state index is 13.4. The minimum absolute atomic E-state index is 0.190. The van der Waals surface area contributed by atoms with Gasteiger partial charge in [0.15, 0.2) is 11.5 Å². The third-order valence-corrected chi connectivity index (χ3v) is 5.25. The van der Waals surface area contributed by atoms with Crippen molar-refractivity contribution in [2.24, 2.45) is 0 Å². The molecule has 154 valence electrons. The first-order valence-electron chi connectivity index (χ1n) is 9.56. The van der Waals surface area contributed by atoms with E-state index < -0.39 is 12.1 Å². The number of hydrogen-bond acceptors (Lipinski definition) is 4. The Balaban J connectivity index is 1.74. The number of β-lactam (4-membered cyclic amide) rings is 1. The van der Waals surface area contributed by atoms with Gasteiger partial charge in [-0.05, 0) is 60.5 Å². The summed E-state index contributed by atoms with van der Waals surface area (Å²) in [5.74, 6) is 1.26. The van der Waals surface area contributed by atoms with Crippen molar-refractivity contribution in [1.29, 1.82) is 0 Å². The summed E-state index contributed by atoms with van der Waals surface area (Å²) >= 11 is 0. The van der Waals surface area contributed by atoms with E-state index in [4.69, 9.17) is 14.2 Å². The lowest BCUT2D eigenvalue weighted by Gasteiger charge is -2.46. The normalized spacial score (nSPS) is 18.0. The topological polar surface area (TPSA) is 48.0 Å². The van der Waals surface area contributed by atoms with Crippen LogP contribution < -0.4 is 19.1 Å². The summed E-state index contributed by atoms with van der Waals surface area (Å²) in [6, 6.07) is 18.5. The van der Waals surface area contributed by atoms with Gasteiger partial charge in [0.1, 0.15) is 17.6 Å². The molecule has 5 nitrogen and oxygen atoms in total. The smallest absolute Gasteiger partial charge is 0.271 e. The summed E-state index contributed by atoms with van der Waals surface area (Å²) in [6.07, 6.45) is -0.714. The molecule has 1 saturated heterocycles. The molecule has 0 radical (unpaired) electrons. The SMILES string of the molecule is COc1ccc([C@H]2[C@@H](Oc3ccccc3C)C(=O)N2c2ccc(F)cc2)cc1OC. The molecule has 0 saturated carbocycles. The minimum Gasteiger partial charge on any atom is -0.493 e. The van der Waals surface area contributed by atoms with Gasteiger partial charge in [-0.1, -0.05) is 24.3 Å². The number of hydrogen-bond donors (Lipinski definition) is 0. The molecule has 0 aromatic heterocycles. The first-order chi connectivity index (χ1) is 14.5. The zero-order chi connectivity index (χ0) is 21.3. The first-order valence-corrected chi connectivity index (χ1v) is 9.56. The van der Waals surface area contributed by atoms with E-state index in [9.17, 15) is 9.18 Å². The number of benzene rings is 3. The van der Waals surface area contributed by atoms with Gasteiger partial charge in [0.05, 0.1) is 14.2 Å². The van der Waals surface area contributed by atoms with Crippen molar-refractivity contribution in [3.63, 3.8) is 0 Å². The number of anilines is 1. The van der Waals surface area contributed by atoms with Crippen molar-refractivity contribution in [2.45, 2.75) is 19.1 Å². The molecule has 1 aliphatic rings. The van der Waals surface area contributed by atoms with Crippen LogP contribution in [0.25, 0.3) is 0 Å². The highest BCUT2D eigenvalue weighted by atomic mass is 19.1. The maximum Gasteiger partial charge on any atom is 0.271 e. The molecular weight excluding hydrogens is 385 g/mol. The number of aryl methyl sites for hydroxylation is 1. The minimum atomic E-state index is -0.714. The van der Waals surface area contributed by atoms with Gasteiger partial charge in [0, 0.05) is 5.69 Å². The summed E-state index contributed by atoms with van der Waals surface area (Å²) in [5, 5.41) is 0. The Hall–Kier alpha value is -3.54. The maximum atomic E-state index is 13.4. The molecule has 3 aromatic rings. The van der Waals surface area contributed by atoms with Crippen LogP contribution in [-0.2, 0) is 4.79 Å². The Kier molecular flexibility index (Phi) is 5.31. The molecule has 4 rings (SSSR count). The number of methoxy groups -OCH3 is 2. The fourth-order valence-corrected chi connectivity index (χ4v) is 3.65. The van der Waals surface area contributed by atoms with E-state index >= 15 is 0 Å². The largest absolute Gasteiger partial charge is 0.493 e. The Morgan fingerprint density at radius 1 is 0.867 bits per heavy atom. The van der Waals surface area contributed by atoms with Crippen LogP contribution in [0.1, 0.15) is 17.2 Å². The van der Waals surface area contributed by atoms with Crippen LogP contribution in [0.5, 0.6) is 17.2 Å². The van der Waals surface area contributed by atoms with E-state index in [1.54, 1.807) is 37.3 Å². The lowest BCUT2D eigenvalue weighted by molar-refractivity contribution is -0.135. The average molecular weight is 407 g/mol. The molecule has 30 heavy (non-hydrogen) atoms. The predicted octanol–water partition coefficient (Wildman–Crippen LogP) is 4.69. The Bertz CT molecular complexity index is 1070. The molecule has 1 amide bonds. The Morgan fingerprint density at radius 2 is 1.57 bits per heavy atom. The van der Waals surface area contributed by atoms with Crippen LogP contribution >= 0.6 is 0 Å². The van der Waals surface area contributed by atoms with E-state index in [0.717, 1.165) is 11.1 Å². The summed E-state index contributed by atoms with van der Waals surface area (Å²) in [4.78, 5) is 14.7. The van der Waals surface area contributed by atoms with Gasteiger partial charge in [-0.15, -0.1) is 0 Å². The van der Waals surface area contributed by atoms with Crippen molar-refractivity contribution >= 4 is 11.6 Å². The molecule has 0 unspecified atom stereocenters. The van der Waals surface area contributed by atoms with Crippen LogP contribution in [0, 0.1) is 12.7 Å². The number of para-hydroxylation sites is 1. The number of ether oxygens (including phenoxy) is 3. The molecule has 0 bridgehead atoms. The number of rotatable bonds is 6. The van der Waals surface area contributed by atoms with Gasteiger partial charge in [-0.2, -0.15) is 0 Å². The first kappa shape index (κ1) is 19.8. The predicted molar refractivity (Wildman–Crippen MR) is 112 cm³/mol. The lowest BCUT2D eigenvalue weighted by atomic mass is 9.89. The Morgan fingerprint density at radius 3 is 2.23 bits per heavy atom. The van der Waals surface area contributed by atoms with Crippen molar-refractivity contribution in [3.8, 4) is 17.2 Å². The molecule has 1 heterocycles. The second-order valence-electron chi connectivity index (χ2n) is 7.05. The van der Waals surface area contributed by atoms with E-state index in [-0.39, 0.29) is 11.7 Å². The Labute approximate surface area is 174 Å². The fourth-order valence-electron chi connectivity index (χ4n) is 3.65. The standard InChI is InChI=1S/C24H22FNO4/c1-15-6-4-5-7-19(15)30-23-22(16-8-13-20(28-2)21(14-16)29-3)26(24(23)27)18-11-9-17(25)10-12-18/h4-14,22-23H,1-3H3/t22-,23+/m0/s1. The van der Waals surface area contributed by atoms with Crippen molar-refractivity contribution in [3.05, 3.63) is 83.7 Å². The number of halogens is 1. The van der Waals surface area contributed by atoms with Crippen molar-refractivity contribution in [2.75, 3.05) is 19.1 Å². The molecule has 1 aliphatic heterocycles. The number of amides is 1. The van der Waals surface area contributed by atoms with Crippen molar-refractivity contribution in [1.82, 2.24) is 0 Å².